The van der Waals surface area contributed by atoms with Crippen molar-refractivity contribution in [3.63, 3.8) is 0 Å². The molecule has 0 bridgehead atoms. The minimum atomic E-state index is -0.243. The minimum absolute atomic E-state index is 0.0147. The summed E-state index contributed by atoms with van der Waals surface area (Å²) >= 11 is 0. The molecule has 4 nitrogen and oxygen atoms in total. The molecule has 15 heavy (non-hydrogen) atoms. The van der Waals surface area contributed by atoms with Crippen molar-refractivity contribution in [1.82, 2.24) is 4.57 Å². The standard InChI is InChI=1S/C11H17N3O/c1-6(2)8-5-9(12)11(15)14(7(3)4)10(8)13/h5,7H,1,12-13H2,2-4H3. The lowest BCUT2D eigenvalue weighted by molar-refractivity contribution is 0.588. The SMILES string of the molecule is C=C(C)c1cc(N)c(=O)n(C(C)C)c1N. The van der Waals surface area contributed by atoms with Crippen LogP contribution in [0, 0.1) is 0 Å². The van der Waals surface area contributed by atoms with Gasteiger partial charge in [-0.1, -0.05) is 6.58 Å². The predicted octanol–water partition coefficient (Wildman–Crippen LogP) is 1.63. The molecule has 1 heterocycles. The van der Waals surface area contributed by atoms with Crippen LogP contribution in [0.3, 0.4) is 0 Å². The number of aromatic nitrogens is 1. The van der Waals surface area contributed by atoms with Crippen molar-refractivity contribution >= 4 is 17.1 Å². The zero-order chi connectivity index (χ0) is 11.7. The van der Waals surface area contributed by atoms with Gasteiger partial charge in [0.15, 0.2) is 0 Å². The summed E-state index contributed by atoms with van der Waals surface area (Å²) in [7, 11) is 0. The third kappa shape index (κ3) is 1.88. The second kappa shape index (κ2) is 3.81. The highest BCUT2D eigenvalue weighted by molar-refractivity contribution is 5.72. The molecule has 0 aliphatic heterocycles. The summed E-state index contributed by atoms with van der Waals surface area (Å²) in [6.07, 6.45) is 0. The summed E-state index contributed by atoms with van der Waals surface area (Å²) < 4.78 is 1.49. The lowest BCUT2D eigenvalue weighted by Crippen LogP contribution is -2.27. The number of rotatable bonds is 2. The van der Waals surface area contributed by atoms with Crippen LogP contribution >= 0.6 is 0 Å². The summed E-state index contributed by atoms with van der Waals surface area (Å²) in [6.45, 7) is 9.42. The molecule has 0 aromatic carbocycles. The number of pyridine rings is 1. The highest BCUT2D eigenvalue weighted by Gasteiger charge is 2.13. The number of anilines is 2. The van der Waals surface area contributed by atoms with Crippen molar-refractivity contribution in [2.24, 2.45) is 0 Å². The number of nitrogens with two attached hydrogens (primary N) is 2. The number of hydrogen-bond acceptors (Lipinski definition) is 3. The van der Waals surface area contributed by atoms with Gasteiger partial charge in [0.1, 0.15) is 5.82 Å². The zero-order valence-corrected chi connectivity index (χ0v) is 9.37. The lowest BCUT2D eigenvalue weighted by Gasteiger charge is -2.17. The van der Waals surface area contributed by atoms with Crippen LogP contribution in [-0.2, 0) is 0 Å². The van der Waals surface area contributed by atoms with Gasteiger partial charge in [-0.2, -0.15) is 0 Å². The molecule has 82 valence electrons. The van der Waals surface area contributed by atoms with Gasteiger partial charge in [-0.3, -0.25) is 9.36 Å². The molecule has 0 radical (unpaired) electrons. The fourth-order valence-corrected chi connectivity index (χ4v) is 1.52. The fraction of sp³-hybridized carbons (Fsp3) is 0.364. The van der Waals surface area contributed by atoms with Crippen LogP contribution in [-0.4, -0.2) is 4.57 Å². The van der Waals surface area contributed by atoms with Gasteiger partial charge in [-0.25, -0.2) is 0 Å². The average Bonchev–Trinajstić information content (AvgIpc) is 2.10. The van der Waals surface area contributed by atoms with Gasteiger partial charge in [-0.15, -0.1) is 0 Å². The van der Waals surface area contributed by atoms with E-state index in [0.29, 0.717) is 5.82 Å². The largest absolute Gasteiger partial charge is 0.394 e. The summed E-state index contributed by atoms with van der Waals surface area (Å²) in [5.74, 6) is 0.428. The van der Waals surface area contributed by atoms with E-state index in [-0.39, 0.29) is 17.3 Å². The maximum Gasteiger partial charge on any atom is 0.275 e. The minimum Gasteiger partial charge on any atom is -0.394 e. The van der Waals surface area contributed by atoms with Crippen molar-refractivity contribution in [2.75, 3.05) is 11.5 Å². The number of nitrogens with zero attached hydrogens (tertiary/aromatic N) is 1. The van der Waals surface area contributed by atoms with Crippen molar-refractivity contribution < 1.29 is 0 Å². The van der Waals surface area contributed by atoms with E-state index < -0.39 is 0 Å². The first-order valence-corrected chi connectivity index (χ1v) is 4.82. The molecule has 0 spiro atoms. The molecule has 1 rings (SSSR count). The number of nitrogen functional groups attached to an aromatic ring is 2. The van der Waals surface area contributed by atoms with Gasteiger partial charge < -0.3 is 11.5 Å². The molecular formula is C11H17N3O. The Kier molecular flexibility index (Phi) is 2.88. The van der Waals surface area contributed by atoms with Gasteiger partial charge in [0.05, 0.1) is 5.69 Å². The Morgan fingerprint density at radius 2 is 2.00 bits per heavy atom. The van der Waals surface area contributed by atoms with E-state index in [4.69, 9.17) is 11.5 Å². The monoisotopic (exact) mass is 207 g/mol. The molecule has 0 saturated carbocycles. The van der Waals surface area contributed by atoms with Gasteiger partial charge in [0.25, 0.3) is 5.56 Å². The smallest absolute Gasteiger partial charge is 0.275 e. The lowest BCUT2D eigenvalue weighted by atomic mass is 10.1. The normalized spacial score (nSPS) is 10.7. The van der Waals surface area contributed by atoms with Crippen molar-refractivity contribution in [3.05, 3.63) is 28.6 Å². The van der Waals surface area contributed by atoms with E-state index in [1.807, 2.05) is 20.8 Å². The first-order valence-electron chi connectivity index (χ1n) is 4.82. The van der Waals surface area contributed by atoms with Crippen molar-refractivity contribution in [2.45, 2.75) is 26.8 Å². The zero-order valence-electron chi connectivity index (χ0n) is 9.37. The summed E-state index contributed by atoms with van der Waals surface area (Å²) in [6, 6.07) is 1.57. The Bertz CT molecular complexity index is 458. The third-order valence-corrected chi connectivity index (χ3v) is 2.28. The molecule has 1 aromatic rings. The van der Waals surface area contributed by atoms with Crippen LogP contribution in [0.5, 0.6) is 0 Å². The summed E-state index contributed by atoms with van der Waals surface area (Å²) in [5.41, 5.74) is 13.0. The summed E-state index contributed by atoms with van der Waals surface area (Å²) in [4.78, 5) is 11.7. The fourth-order valence-electron chi connectivity index (χ4n) is 1.52. The van der Waals surface area contributed by atoms with E-state index in [1.165, 1.54) is 4.57 Å². The van der Waals surface area contributed by atoms with E-state index >= 15 is 0 Å². The Balaban J connectivity index is 3.64. The van der Waals surface area contributed by atoms with Crippen molar-refractivity contribution in [3.8, 4) is 0 Å². The van der Waals surface area contributed by atoms with Crippen LogP contribution in [0.2, 0.25) is 0 Å². The van der Waals surface area contributed by atoms with Gasteiger partial charge in [0, 0.05) is 11.6 Å². The van der Waals surface area contributed by atoms with Crippen LogP contribution < -0.4 is 17.0 Å². The molecule has 0 aliphatic carbocycles. The molecule has 0 atom stereocenters. The first-order chi connectivity index (χ1) is 6.86. The molecule has 0 saturated heterocycles. The van der Waals surface area contributed by atoms with Gasteiger partial charge in [0.2, 0.25) is 0 Å². The number of allylic oxidation sites excluding steroid dienone is 1. The number of hydrogen-bond donors (Lipinski definition) is 2. The Labute approximate surface area is 89.2 Å². The topological polar surface area (TPSA) is 74.0 Å². The first kappa shape index (κ1) is 11.4. The highest BCUT2D eigenvalue weighted by Crippen LogP contribution is 2.22. The Hall–Kier alpha value is -1.71. The molecular weight excluding hydrogens is 190 g/mol. The Morgan fingerprint density at radius 1 is 1.47 bits per heavy atom. The maximum atomic E-state index is 11.7. The third-order valence-electron chi connectivity index (χ3n) is 2.28. The maximum absolute atomic E-state index is 11.7. The quantitative estimate of drug-likeness (QED) is 0.774. The van der Waals surface area contributed by atoms with E-state index in [2.05, 4.69) is 6.58 Å². The van der Waals surface area contributed by atoms with E-state index in [0.717, 1.165) is 11.1 Å². The van der Waals surface area contributed by atoms with Crippen LogP contribution in [0.4, 0.5) is 11.5 Å². The molecule has 0 aliphatic rings. The predicted molar refractivity (Wildman–Crippen MR) is 64.6 cm³/mol. The van der Waals surface area contributed by atoms with Crippen LogP contribution in [0.1, 0.15) is 32.4 Å². The summed E-state index contributed by atoms with van der Waals surface area (Å²) in [5, 5.41) is 0. The molecule has 0 fully saturated rings. The average molecular weight is 207 g/mol. The van der Waals surface area contributed by atoms with E-state index in [9.17, 15) is 4.79 Å². The van der Waals surface area contributed by atoms with E-state index in [1.54, 1.807) is 6.07 Å². The molecule has 0 unspecified atom stereocenters. The molecule has 1 aromatic heterocycles. The van der Waals surface area contributed by atoms with Crippen LogP contribution in [0.25, 0.3) is 5.57 Å². The van der Waals surface area contributed by atoms with Gasteiger partial charge in [-0.05, 0) is 32.4 Å². The van der Waals surface area contributed by atoms with Crippen LogP contribution in [0.15, 0.2) is 17.4 Å². The molecule has 0 amide bonds. The second-order valence-electron chi connectivity index (χ2n) is 3.95. The molecule has 4 N–H and O–H groups in total. The highest BCUT2D eigenvalue weighted by atomic mass is 16.1. The second-order valence-corrected chi connectivity index (χ2v) is 3.95. The van der Waals surface area contributed by atoms with Gasteiger partial charge >= 0.3 is 0 Å². The van der Waals surface area contributed by atoms with Crippen molar-refractivity contribution in [1.29, 1.82) is 0 Å². The Morgan fingerprint density at radius 3 is 2.40 bits per heavy atom. The molecule has 4 heteroatoms.